The topological polar surface area (TPSA) is 52.0 Å². The second-order valence-corrected chi connectivity index (χ2v) is 5.74. The van der Waals surface area contributed by atoms with Gasteiger partial charge in [-0.15, -0.1) is 0 Å². The zero-order chi connectivity index (χ0) is 13.5. The van der Waals surface area contributed by atoms with Crippen molar-refractivity contribution in [2.45, 2.75) is 37.8 Å². The van der Waals surface area contributed by atoms with Gasteiger partial charge < -0.3 is 14.6 Å². The van der Waals surface area contributed by atoms with E-state index in [0.29, 0.717) is 18.0 Å². The molecule has 1 N–H and O–H groups in total. The van der Waals surface area contributed by atoms with Gasteiger partial charge in [-0.3, -0.25) is 4.98 Å². The van der Waals surface area contributed by atoms with Crippen LogP contribution < -0.4 is 5.32 Å². The summed E-state index contributed by atoms with van der Waals surface area (Å²) in [6, 6.07) is 3.09. The molecule has 20 heavy (non-hydrogen) atoms. The first-order chi connectivity index (χ1) is 9.88. The maximum absolute atomic E-state index is 5.70. The molecule has 106 valence electrons. The van der Waals surface area contributed by atoms with E-state index < -0.39 is 0 Å². The van der Waals surface area contributed by atoms with E-state index in [-0.39, 0.29) is 0 Å². The first-order valence-corrected chi connectivity index (χ1v) is 7.51. The summed E-state index contributed by atoms with van der Waals surface area (Å²) >= 11 is 0. The van der Waals surface area contributed by atoms with Crippen molar-refractivity contribution in [3.8, 4) is 0 Å². The Labute approximate surface area is 118 Å². The molecule has 0 bridgehead atoms. The van der Waals surface area contributed by atoms with Crippen LogP contribution in [0.4, 0.5) is 0 Å². The fourth-order valence-electron chi connectivity index (χ4n) is 3.22. The Bertz CT molecular complexity index is 619. The second-order valence-electron chi connectivity index (χ2n) is 5.74. The first kappa shape index (κ1) is 12.3. The third-order valence-corrected chi connectivity index (χ3v) is 4.31. The van der Waals surface area contributed by atoms with Gasteiger partial charge in [0, 0.05) is 18.3 Å². The minimum atomic E-state index is 0.350. The number of nitrogens with one attached hydrogen (secondary N) is 1. The third-order valence-electron chi connectivity index (χ3n) is 4.31. The standard InChI is InChI=1S/C15H20N4O/c1-2-17-13-9-20-8-11(13)15-18-12-7-16-6-5-14(12)19(15)10-3-4-10/h5-7,10-11,13,17H,2-4,8-9H2,1H3. The van der Waals surface area contributed by atoms with Crippen molar-refractivity contribution in [1.82, 2.24) is 19.9 Å². The number of pyridine rings is 1. The highest BCUT2D eigenvalue weighted by atomic mass is 16.5. The molecule has 2 atom stereocenters. The van der Waals surface area contributed by atoms with Gasteiger partial charge in [0.15, 0.2) is 0 Å². The smallest absolute Gasteiger partial charge is 0.117 e. The zero-order valence-corrected chi connectivity index (χ0v) is 11.7. The molecule has 2 unspecified atom stereocenters. The van der Waals surface area contributed by atoms with Crippen molar-refractivity contribution in [2.75, 3.05) is 19.8 Å². The lowest BCUT2D eigenvalue weighted by Crippen LogP contribution is -2.35. The largest absolute Gasteiger partial charge is 0.379 e. The molecule has 2 aromatic heterocycles. The average Bonchev–Trinajstić information content (AvgIpc) is 3.07. The van der Waals surface area contributed by atoms with Gasteiger partial charge in [-0.05, 0) is 25.5 Å². The number of aromatic nitrogens is 3. The Morgan fingerprint density at radius 1 is 1.40 bits per heavy atom. The molecule has 1 saturated heterocycles. The van der Waals surface area contributed by atoms with E-state index in [4.69, 9.17) is 9.72 Å². The molecule has 5 heteroatoms. The van der Waals surface area contributed by atoms with Crippen molar-refractivity contribution in [3.63, 3.8) is 0 Å². The molecular formula is C15H20N4O. The molecule has 5 nitrogen and oxygen atoms in total. The molecule has 0 spiro atoms. The molecule has 3 heterocycles. The summed E-state index contributed by atoms with van der Waals surface area (Å²) in [5, 5.41) is 3.53. The van der Waals surface area contributed by atoms with E-state index >= 15 is 0 Å². The molecule has 4 rings (SSSR count). The normalized spacial score (nSPS) is 26.4. The van der Waals surface area contributed by atoms with Crippen LogP contribution in [0.3, 0.4) is 0 Å². The van der Waals surface area contributed by atoms with Gasteiger partial charge in [-0.1, -0.05) is 6.92 Å². The van der Waals surface area contributed by atoms with E-state index in [1.807, 2.05) is 12.4 Å². The molecule has 2 fully saturated rings. The lowest BCUT2D eigenvalue weighted by atomic mass is 10.0. The maximum atomic E-state index is 5.70. The van der Waals surface area contributed by atoms with E-state index in [9.17, 15) is 0 Å². The van der Waals surface area contributed by atoms with Crippen molar-refractivity contribution in [2.24, 2.45) is 0 Å². The predicted molar refractivity (Wildman–Crippen MR) is 76.8 cm³/mol. The molecule has 0 amide bonds. The molecular weight excluding hydrogens is 252 g/mol. The van der Waals surface area contributed by atoms with Crippen molar-refractivity contribution in [1.29, 1.82) is 0 Å². The van der Waals surface area contributed by atoms with Gasteiger partial charge in [0.2, 0.25) is 0 Å². The highest BCUT2D eigenvalue weighted by Crippen LogP contribution is 2.41. The number of rotatable bonds is 4. The monoisotopic (exact) mass is 272 g/mol. The number of fused-ring (bicyclic) bond motifs is 1. The summed E-state index contributed by atoms with van der Waals surface area (Å²) in [6.07, 6.45) is 6.26. The van der Waals surface area contributed by atoms with Crippen LogP contribution in [0, 0.1) is 0 Å². The first-order valence-electron chi connectivity index (χ1n) is 7.51. The van der Waals surface area contributed by atoms with Gasteiger partial charge in [-0.25, -0.2) is 4.98 Å². The number of imidazole rings is 1. The zero-order valence-electron chi connectivity index (χ0n) is 11.7. The number of nitrogens with zero attached hydrogens (tertiary/aromatic N) is 3. The summed E-state index contributed by atoms with van der Waals surface area (Å²) in [5.41, 5.74) is 2.23. The lowest BCUT2D eigenvalue weighted by molar-refractivity contribution is 0.187. The van der Waals surface area contributed by atoms with Gasteiger partial charge in [0.1, 0.15) is 11.3 Å². The fraction of sp³-hybridized carbons (Fsp3) is 0.600. The lowest BCUT2D eigenvalue weighted by Gasteiger charge is -2.19. The molecule has 0 aromatic carbocycles. The summed E-state index contributed by atoms with van der Waals surface area (Å²) in [6.45, 7) is 4.66. The van der Waals surface area contributed by atoms with E-state index in [1.165, 1.54) is 24.2 Å². The van der Waals surface area contributed by atoms with Gasteiger partial charge in [-0.2, -0.15) is 0 Å². The highest BCUT2D eigenvalue weighted by molar-refractivity contribution is 5.75. The Balaban J connectivity index is 1.80. The molecule has 2 aromatic rings. The summed E-state index contributed by atoms with van der Waals surface area (Å²) < 4.78 is 8.13. The average molecular weight is 272 g/mol. The van der Waals surface area contributed by atoms with E-state index in [0.717, 1.165) is 25.3 Å². The summed E-state index contributed by atoms with van der Waals surface area (Å²) in [7, 11) is 0. The maximum Gasteiger partial charge on any atom is 0.117 e. The quantitative estimate of drug-likeness (QED) is 0.923. The van der Waals surface area contributed by atoms with Gasteiger partial charge in [0.25, 0.3) is 0 Å². The van der Waals surface area contributed by atoms with Crippen LogP contribution in [0.1, 0.15) is 37.5 Å². The Kier molecular flexibility index (Phi) is 2.97. The van der Waals surface area contributed by atoms with E-state index in [2.05, 4.69) is 27.9 Å². The van der Waals surface area contributed by atoms with Crippen LogP contribution in [0.5, 0.6) is 0 Å². The van der Waals surface area contributed by atoms with Crippen LogP contribution in [0.15, 0.2) is 18.5 Å². The van der Waals surface area contributed by atoms with Crippen LogP contribution in [0.25, 0.3) is 11.0 Å². The van der Waals surface area contributed by atoms with Crippen molar-refractivity contribution >= 4 is 11.0 Å². The molecule has 1 saturated carbocycles. The van der Waals surface area contributed by atoms with Gasteiger partial charge in [0.05, 0.1) is 30.8 Å². The van der Waals surface area contributed by atoms with Crippen LogP contribution >= 0.6 is 0 Å². The predicted octanol–water partition coefficient (Wildman–Crippen LogP) is 1.86. The molecule has 2 aliphatic rings. The number of hydrogen-bond donors (Lipinski definition) is 1. The van der Waals surface area contributed by atoms with E-state index in [1.54, 1.807) is 0 Å². The minimum absolute atomic E-state index is 0.350. The van der Waals surface area contributed by atoms with Crippen molar-refractivity contribution < 1.29 is 4.74 Å². The van der Waals surface area contributed by atoms with Crippen LogP contribution in [0.2, 0.25) is 0 Å². The summed E-state index contributed by atoms with van der Waals surface area (Å²) in [5.74, 6) is 1.53. The molecule has 1 aliphatic heterocycles. The molecule has 0 radical (unpaired) electrons. The second kappa shape index (κ2) is 4.82. The van der Waals surface area contributed by atoms with Crippen molar-refractivity contribution in [3.05, 3.63) is 24.3 Å². The highest BCUT2D eigenvalue weighted by Gasteiger charge is 2.36. The number of likely N-dealkylation sites (N-methyl/N-ethyl adjacent to an activating group) is 1. The SMILES string of the molecule is CCNC1COCC1c1nc2cnccc2n1C1CC1. The fourth-order valence-corrected chi connectivity index (χ4v) is 3.22. The summed E-state index contributed by atoms with van der Waals surface area (Å²) in [4.78, 5) is 9.08. The van der Waals surface area contributed by atoms with Gasteiger partial charge >= 0.3 is 0 Å². The number of hydrogen-bond acceptors (Lipinski definition) is 4. The van der Waals surface area contributed by atoms with Crippen LogP contribution in [-0.4, -0.2) is 40.3 Å². The Morgan fingerprint density at radius 2 is 2.30 bits per heavy atom. The number of ether oxygens (including phenoxy) is 1. The Hall–Kier alpha value is -1.46. The van der Waals surface area contributed by atoms with Crippen LogP contribution in [-0.2, 0) is 4.74 Å². The third kappa shape index (κ3) is 1.93. The minimum Gasteiger partial charge on any atom is -0.379 e. The Morgan fingerprint density at radius 3 is 3.10 bits per heavy atom. The molecule has 1 aliphatic carbocycles.